The third-order valence-corrected chi connectivity index (χ3v) is 4.50. The highest BCUT2D eigenvalue weighted by Crippen LogP contribution is 2.26. The van der Waals surface area contributed by atoms with Crippen LogP contribution in [0, 0.1) is 5.92 Å². The lowest BCUT2D eigenvalue weighted by Gasteiger charge is -2.26. The van der Waals surface area contributed by atoms with Crippen molar-refractivity contribution in [3.05, 3.63) is 29.8 Å². The van der Waals surface area contributed by atoms with Gasteiger partial charge in [0.2, 0.25) is 11.8 Å². The Hall–Kier alpha value is -1.84. The summed E-state index contributed by atoms with van der Waals surface area (Å²) in [5.74, 6) is -0.254. The summed E-state index contributed by atoms with van der Waals surface area (Å²) in [5.41, 5.74) is 1.90. The minimum Gasteiger partial charge on any atom is -0.351 e. The van der Waals surface area contributed by atoms with Crippen LogP contribution in [-0.4, -0.2) is 23.9 Å². The lowest BCUT2D eigenvalue weighted by Crippen LogP contribution is -2.46. The predicted molar refractivity (Wildman–Crippen MR) is 88.8 cm³/mol. The molecular weight excluding hydrogens is 276 g/mol. The van der Waals surface area contributed by atoms with Crippen LogP contribution in [-0.2, 0) is 16.0 Å². The SMILES string of the molecule is CCc1ccc(N2CC(C(=O)NC(C)(C)CC)CC2=O)cc1. The fourth-order valence-corrected chi connectivity index (χ4v) is 2.57. The maximum Gasteiger partial charge on any atom is 0.227 e. The monoisotopic (exact) mass is 302 g/mol. The van der Waals surface area contributed by atoms with E-state index in [1.165, 1.54) is 5.56 Å². The molecule has 120 valence electrons. The van der Waals surface area contributed by atoms with E-state index in [9.17, 15) is 9.59 Å². The van der Waals surface area contributed by atoms with Crippen molar-refractivity contribution in [1.82, 2.24) is 5.32 Å². The van der Waals surface area contributed by atoms with Crippen LogP contribution >= 0.6 is 0 Å². The third kappa shape index (κ3) is 3.67. The Morgan fingerprint density at radius 3 is 2.45 bits per heavy atom. The summed E-state index contributed by atoms with van der Waals surface area (Å²) in [6, 6.07) is 8.01. The zero-order chi connectivity index (χ0) is 16.3. The second kappa shape index (κ2) is 6.51. The molecule has 1 saturated heterocycles. The molecular formula is C18H26N2O2. The Morgan fingerprint density at radius 1 is 1.27 bits per heavy atom. The van der Waals surface area contributed by atoms with Crippen LogP contribution in [0.5, 0.6) is 0 Å². The van der Waals surface area contributed by atoms with Crippen LogP contribution in [0.2, 0.25) is 0 Å². The lowest BCUT2D eigenvalue weighted by atomic mass is 9.99. The summed E-state index contributed by atoms with van der Waals surface area (Å²) in [4.78, 5) is 26.3. The topological polar surface area (TPSA) is 49.4 Å². The number of carbonyl (C=O) groups is 2. The van der Waals surface area contributed by atoms with Gasteiger partial charge in [-0.05, 0) is 44.4 Å². The quantitative estimate of drug-likeness (QED) is 0.909. The first-order valence-electron chi connectivity index (χ1n) is 8.07. The van der Waals surface area contributed by atoms with Crippen molar-refractivity contribution < 1.29 is 9.59 Å². The molecule has 0 radical (unpaired) electrons. The van der Waals surface area contributed by atoms with Crippen molar-refractivity contribution in [1.29, 1.82) is 0 Å². The molecule has 0 bridgehead atoms. The van der Waals surface area contributed by atoms with E-state index in [4.69, 9.17) is 0 Å². The Bertz CT molecular complexity index is 549. The van der Waals surface area contributed by atoms with Gasteiger partial charge in [-0.1, -0.05) is 26.0 Å². The molecule has 2 rings (SSSR count). The standard InChI is InChI=1S/C18H26N2O2/c1-5-13-7-9-15(10-8-13)20-12-14(11-16(20)21)17(22)19-18(3,4)6-2/h7-10,14H,5-6,11-12H2,1-4H3,(H,19,22). The van der Waals surface area contributed by atoms with Crippen molar-refractivity contribution in [3.63, 3.8) is 0 Å². The van der Waals surface area contributed by atoms with Gasteiger partial charge < -0.3 is 10.2 Å². The Kier molecular flexibility index (Phi) is 4.89. The van der Waals surface area contributed by atoms with Crippen molar-refractivity contribution in [2.75, 3.05) is 11.4 Å². The summed E-state index contributed by atoms with van der Waals surface area (Å²) in [6.45, 7) is 8.62. The highest BCUT2D eigenvalue weighted by atomic mass is 16.2. The highest BCUT2D eigenvalue weighted by molar-refractivity contribution is 6.00. The van der Waals surface area contributed by atoms with Crippen LogP contribution in [0.25, 0.3) is 0 Å². The second-order valence-corrected chi connectivity index (χ2v) is 6.65. The normalized spacial score (nSPS) is 18.6. The van der Waals surface area contributed by atoms with E-state index < -0.39 is 0 Å². The van der Waals surface area contributed by atoms with Crippen LogP contribution in [0.3, 0.4) is 0 Å². The maximum absolute atomic E-state index is 12.4. The first-order valence-corrected chi connectivity index (χ1v) is 8.07. The molecule has 1 heterocycles. The van der Waals surface area contributed by atoms with Gasteiger partial charge in [-0.2, -0.15) is 0 Å². The number of anilines is 1. The van der Waals surface area contributed by atoms with Gasteiger partial charge in [0.05, 0.1) is 5.92 Å². The molecule has 1 aromatic carbocycles. The van der Waals surface area contributed by atoms with Crippen LogP contribution in [0.1, 0.15) is 46.1 Å². The molecule has 1 unspecified atom stereocenters. The first kappa shape index (κ1) is 16.5. The number of amides is 2. The van der Waals surface area contributed by atoms with Crippen LogP contribution in [0.4, 0.5) is 5.69 Å². The summed E-state index contributed by atoms with van der Waals surface area (Å²) in [6.07, 6.45) is 2.13. The van der Waals surface area contributed by atoms with Gasteiger partial charge >= 0.3 is 0 Å². The minimum atomic E-state index is -0.260. The predicted octanol–water partition coefficient (Wildman–Crippen LogP) is 2.91. The molecule has 1 N–H and O–H groups in total. The number of benzene rings is 1. The number of hydrogen-bond donors (Lipinski definition) is 1. The number of aryl methyl sites for hydroxylation is 1. The van der Waals surface area contributed by atoms with Gasteiger partial charge in [0.15, 0.2) is 0 Å². The van der Waals surface area contributed by atoms with Gasteiger partial charge in [0.1, 0.15) is 0 Å². The first-order chi connectivity index (χ1) is 10.4. The number of nitrogens with zero attached hydrogens (tertiary/aromatic N) is 1. The largest absolute Gasteiger partial charge is 0.351 e. The molecule has 0 aromatic heterocycles. The second-order valence-electron chi connectivity index (χ2n) is 6.65. The van der Waals surface area contributed by atoms with Gasteiger partial charge in [-0.3, -0.25) is 9.59 Å². The van der Waals surface area contributed by atoms with Crippen LogP contribution < -0.4 is 10.2 Å². The smallest absolute Gasteiger partial charge is 0.227 e. The lowest BCUT2D eigenvalue weighted by molar-refractivity contribution is -0.127. The van der Waals surface area contributed by atoms with Gasteiger partial charge in [0, 0.05) is 24.2 Å². The summed E-state index contributed by atoms with van der Waals surface area (Å²) in [5, 5.41) is 3.04. The van der Waals surface area contributed by atoms with E-state index in [1.54, 1.807) is 4.90 Å². The molecule has 4 heteroatoms. The molecule has 0 aliphatic carbocycles. The molecule has 1 aliphatic heterocycles. The number of hydrogen-bond acceptors (Lipinski definition) is 2. The average Bonchev–Trinajstić information content (AvgIpc) is 2.89. The molecule has 1 aliphatic rings. The van der Waals surface area contributed by atoms with Crippen LogP contribution in [0.15, 0.2) is 24.3 Å². The molecule has 0 saturated carbocycles. The Balaban J connectivity index is 2.05. The number of rotatable bonds is 5. The summed E-state index contributed by atoms with van der Waals surface area (Å²) in [7, 11) is 0. The molecule has 1 aromatic rings. The highest BCUT2D eigenvalue weighted by Gasteiger charge is 2.36. The van der Waals surface area contributed by atoms with E-state index in [2.05, 4.69) is 12.2 Å². The summed E-state index contributed by atoms with van der Waals surface area (Å²) >= 11 is 0. The molecule has 22 heavy (non-hydrogen) atoms. The number of nitrogens with one attached hydrogen (secondary N) is 1. The van der Waals surface area contributed by atoms with Crippen molar-refractivity contribution >= 4 is 17.5 Å². The molecule has 2 amide bonds. The summed E-state index contributed by atoms with van der Waals surface area (Å²) < 4.78 is 0. The van der Waals surface area contributed by atoms with Crippen molar-refractivity contribution in [2.24, 2.45) is 5.92 Å². The maximum atomic E-state index is 12.4. The van der Waals surface area contributed by atoms with E-state index in [1.807, 2.05) is 45.0 Å². The van der Waals surface area contributed by atoms with E-state index >= 15 is 0 Å². The fraction of sp³-hybridized carbons (Fsp3) is 0.556. The van der Waals surface area contributed by atoms with Gasteiger partial charge in [0.25, 0.3) is 0 Å². The van der Waals surface area contributed by atoms with E-state index in [0.717, 1.165) is 18.5 Å². The zero-order valence-corrected chi connectivity index (χ0v) is 14.0. The van der Waals surface area contributed by atoms with Gasteiger partial charge in [-0.15, -0.1) is 0 Å². The van der Waals surface area contributed by atoms with Crippen molar-refractivity contribution in [2.45, 2.75) is 52.5 Å². The van der Waals surface area contributed by atoms with Crippen molar-refractivity contribution in [3.8, 4) is 0 Å². The molecule has 0 spiro atoms. The minimum absolute atomic E-state index is 0.0205. The molecule has 1 atom stereocenters. The Morgan fingerprint density at radius 2 is 1.91 bits per heavy atom. The van der Waals surface area contributed by atoms with E-state index in [0.29, 0.717) is 13.0 Å². The average molecular weight is 302 g/mol. The number of carbonyl (C=O) groups excluding carboxylic acids is 2. The van der Waals surface area contributed by atoms with Gasteiger partial charge in [-0.25, -0.2) is 0 Å². The fourth-order valence-electron chi connectivity index (χ4n) is 2.57. The Labute approximate surface area is 132 Å². The molecule has 1 fully saturated rings. The zero-order valence-electron chi connectivity index (χ0n) is 14.0. The molecule has 4 nitrogen and oxygen atoms in total. The third-order valence-electron chi connectivity index (χ3n) is 4.50. The van der Waals surface area contributed by atoms with E-state index in [-0.39, 0.29) is 23.3 Å².